The van der Waals surface area contributed by atoms with Crippen LogP contribution in [0.25, 0.3) is 0 Å². The van der Waals surface area contributed by atoms with Crippen LogP contribution in [0, 0.1) is 5.41 Å². The average Bonchev–Trinajstić information content (AvgIpc) is 2.91. The number of ether oxygens (including phenoxy) is 1. The van der Waals surface area contributed by atoms with Gasteiger partial charge in [-0.15, -0.1) is 0 Å². The molecule has 0 heterocycles. The molecule has 0 amide bonds. The maximum atomic E-state index is 11.9. The zero-order valence-electron chi connectivity index (χ0n) is 10.7. The van der Waals surface area contributed by atoms with Crippen molar-refractivity contribution >= 4 is 5.97 Å². The van der Waals surface area contributed by atoms with Crippen LogP contribution in [0.4, 0.5) is 0 Å². The molecule has 0 spiro atoms. The molecule has 1 saturated carbocycles. The Morgan fingerprint density at radius 2 is 1.88 bits per heavy atom. The second-order valence-electron chi connectivity index (χ2n) is 5.82. The summed E-state index contributed by atoms with van der Waals surface area (Å²) in [6.45, 7) is 5.98. The lowest BCUT2D eigenvalue weighted by atomic mass is 9.98. The van der Waals surface area contributed by atoms with Gasteiger partial charge in [-0.2, -0.15) is 0 Å². The van der Waals surface area contributed by atoms with Gasteiger partial charge in [0.25, 0.3) is 0 Å². The number of carbonyl (C=O) groups excluding carboxylic acids is 1. The van der Waals surface area contributed by atoms with E-state index in [1.165, 1.54) is 0 Å². The van der Waals surface area contributed by atoms with Gasteiger partial charge in [0.1, 0.15) is 5.60 Å². The smallest absolute Gasteiger partial charge is 0.312 e. The first kappa shape index (κ1) is 13.5. The lowest BCUT2D eigenvalue weighted by molar-refractivity contribution is -0.162. The number of rotatable bonds is 6. The summed E-state index contributed by atoms with van der Waals surface area (Å²) in [4.78, 5) is 11.9. The van der Waals surface area contributed by atoms with Gasteiger partial charge in [-0.1, -0.05) is 12.8 Å². The summed E-state index contributed by atoms with van der Waals surface area (Å²) in [6, 6.07) is 0. The highest BCUT2D eigenvalue weighted by Crippen LogP contribution is 2.51. The van der Waals surface area contributed by atoms with Crippen LogP contribution >= 0.6 is 0 Å². The van der Waals surface area contributed by atoms with E-state index in [1.54, 1.807) is 0 Å². The van der Waals surface area contributed by atoms with Crippen molar-refractivity contribution in [1.29, 1.82) is 0 Å². The van der Waals surface area contributed by atoms with E-state index in [9.17, 15) is 4.79 Å². The first-order valence-electron chi connectivity index (χ1n) is 6.24. The Kier molecular flexibility index (Phi) is 4.36. The van der Waals surface area contributed by atoms with Crippen molar-refractivity contribution in [3.05, 3.63) is 0 Å². The van der Waals surface area contributed by atoms with E-state index < -0.39 is 0 Å². The zero-order valence-corrected chi connectivity index (χ0v) is 10.7. The van der Waals surface area contributed by atoms with Crippen LogP contribution in [0.5, 0.6) is 0 Å². The molecule has 3 heteroatoms. The van der Waals surface area contributed by atoms with Gasteiger partial charge in [0.05, 0.1) is 5.41 Å². The fourth-order valence-electron chi connectivity index (χ4n) is 1.85. The van der Waals surface area contributed by atoms with Crippen molar-refractivity contribution in [1.82, 2.24) is 0 Å². The van der Waals surface area contributed by atoms with Gasteiger partial charge in [0, 0.05) is 6.61 Å². The van der Waals surface area contributed by atoms with Gasteiger partial charge in [-0.25, -0.2) is 0 Å². The number of carbonyl (C=O) groups is 1. The van der Waals surface area contributed by atoms with E-state index in [0.717, 1.165) is 38.5 Å². The SMILES string of the molecule is CC(C)(C)OC(=O)C1(CCCCCO)CC1. The highest BCUT2D eigenvalue weighted by atomic mass is 16.6. The largest absolute Gasteiger partial charge is 0.460 e. The summed E-state index contributed by atoms with van der Waals surface area (Å²) in [5.41, 5.74) is -0.555. The fraction of sp³-hybridized carbons (Fsp3) is 0.923. The Balaban J connectivity index is 2.31. The quantitative estimate of drug-likeness (QED) is 0.561. The number of aliphatic hydroxyl groups excluding tert-OH is 1. The topological polar surface area (TPSA) is 46.5 Å². The molecule has 0 aromatic rings. The van der Waals surface area contributed by atoms with Crippen molar-refractivity contribution in [2.45, 2.75) is 64.9 Å². The number of esters is 1. The molecule has 1 aliphatic rings. The molecule has 1 N–H and O–H groups in total. The Morgan fingerprint density at radius 1 is 1.25 bits per heavy atom. The van der Waals surface area contributed by atoms with Crippen LogP contribution in [0.2, 0.25) is 0 Å². The van der Waals surface area contributed by atoms with Gasteiger partial charge in [0.2, 0.25) is 0 Å². The second kappa shape index (κ2) is 5.17. The summed E-state index contributed by atoms with van der Waals surface area (Å²) in [5.74, 6) is -0.0241. The summed E-state index contributed by atoms with van der Waals surface area (Å²) in [7, 11) is 0. The molecule has 94 valence electrons. The van der Waals surface area contributed by atoms with E-state index in [1.807, 2.05) is 20.8 Å². The molecular weight excluding hydrogens is 204 g/mol. The van der Waals surface area contributed by atoms with Crippen LogP contribution in [0.3, 0.4) is 0 Å². The van der Waals surface area contributed by atoms with E-state index in [4.69, 9.17) is 9.84 Å². The van der Waals surface area contributed by atoms with E-state index in [-0.39, 0.29) is 23.6 Å². The molecule has 0 aliphatic heterocycles. The highest BCUT2D eigenvalue weighted by Gasteiger charge is 2.51. The van der Waals surface area contributed by atoms with Gasteiger partial charge < -0.3 is 9.84 Å². The van der Waals surface area contributed by atoms with E-state index in [0.29, 0.717) is 0 Å². The molecule has 0 aromatic heterocycles. The van der Waals surface area contributed by atoms with Gasteiger partial charge >= 0.3 is 5.97 Å². The summed E-state index contributed by atoms with van der Waals surface area (Å²) in [6.07, 6.45) is 5.72. The predicted molar refractivity (Wildman–Crippen MR) is 63.1 cm³/mol. The third-order valence-corrected chi connectivity index (χ3v) is 3.00. The minimum atomic E-state index is -0.377. The molecule has 0 bridgehead atoms. The van der Waals surface area contributed by atoms with Gasteiger partial charge in [0.15, 0.2) is 0 Å². The Morgan fingerprint density at radius 3 is 2.31 bits per heavy atom. The number of hydrogen-bond acceptors (Lipinski definition) is 3. The minimum absolute atomic E-state index is 0.0241. The Hall–Kier alpha value is -0.570. The zero-order chi connectivity index (χ0) is 12.2. The molecule has 1 fully saturated rings. The van der Waals surface area contributed by atoms with Crippen LogP contribution in [-0.4, -0.2) is 23.3 Å². The Bertz CT molecular complexity index is 236. The standard InChI is InChI=1S/C13H24O3/c1-12(2,3)16-11(15)13(8-9-13)7-5-4-6-10-14/h14H,4-10H2,1-3H3. The van der Waals surface area contributed by atoms with Gasteiger partial charge in [-0.3, -0.25) is 4.79 Å². The van der Waals surface area contributed by atoms with Crippen molar-refractivity contribution in [2.24, 2.45) is 5.41 Å². The maximum Gasteiger partial charge on any atom is 0.312 e. The summed E-state index contributed by atoms with van der Waals surface area (Å²) in [5, 5.41) is 8.68. The molecule has 16 heavy (non-hydrogen) atoms. The summed E-state index contributed by atoms with van der Waals surface area (Å²) < 4.78 is 5.43. The van der Waals surface area contributed by atoms with Crippen molar-refractivity contribution in [3.8, 4) is 0 Å². The third-order valence-electron chi connectivity index (χ3n) is 3.00. The second-order valence-corrected chi connectivity index (χ2v) is 5.82. The number of unbranched alkanes of at least 4 members (excludes halogenated alkanes) is 2. The Labute approximate surface area is 98.2 Å². The molecule has 0 aromatic carbocycles. The van der Waals surface area contributed by atoms with Crippen molar-refractivity contribution < 1.29 is 14.6 Å². The van der Waals surface area contributed by atoms with Crippen molar-refractivity contribution in [3.63, 3.8) is 0 Å². The fourth-order valence-corrected chi connectivity index (χ4v) is 1.85. The van der Waals surface area contributed by atoms with Crippen LogP contribution in [0.1, 0.15) is 59.3 Å². The van der Waals surface area contributed by atoms with Crippen molar-refractivity contribution in [2.75, 3.05) is 6.61 Å². The molecule has 0 atom stereocenters. The third kappa shape index (κ3) is 4.12. The molecule has 0 unspecified atom stereocenters. The predicted octanol–water partition coefficient (Wildman–Crippen LogP) is 2.66. The highest BCUT2D eigenvalue weighted by molar-refractivity contribution is 5.80. The molecule has 0 saturated heterocycles. The molecule has 1 aliphatic carbocycles. The number of aliphatic hydroxyl groups is 1. The average molecular weight is 228 g/mol. The van der Waals surface area contributed by atoms with Crippen LogP contribution in [0.15, 0.2) is 0 Å². The summed E-state index contributed by atoms with van der Waals surface area (Å²) >= 11 is 0. The lowest BCUT2D eigenvalue weighted by Crippen LogP contribution is -2.29. The monoisotopic (exact) mass is 228 g/mol. The first-order chi connectivity index (χ1) is 7.40. The molecular formula is C13H24O3. The van der Waals surface area contributed by atoms with E-state index >= 15 is 0 Å². The van der Waals surface area contributed by atoms with Gasteiger partial charge in [-0.05, 0) is 46.5 Å². The molecule has 1 rings (SSSR count). The maximum absolute atomic E-state index is 11.9. The molecule has 3 nitrogen and oxygen atoms in total. The minimum Gasteiger partial charge on any atom is -0.460 e. The molecule has 0 radical (unpaired) electrons. The van der Waals surface area contributed by atoms with Crippen LogP contribution in [-0.2, 0) is 9.53 Å². The van der Waals surface area contributed by atoms with E-state index in [2.05, 4.69) is 0 Å². The van der Waals surface area contributed by atoms with Crippen LogP contribution < -0.4 is 0 Å². The first-order valence-corrected chi connectivity index (χ1v) is 6.24. The normalized spacial score (nSPS) is 18.2. The lowest BCUT2D eigenvalue weighted by Gasteiger charge is -2.23. The number of hydrogen-bond donors (Lipinski definition) is 1.